The van der Waals surface area contributed by atoms with Gasteiger partial charge in [0, 0.05) is 6.54 Å². The molecule has 0 aliphatic rings. The van der Waals surface area contributed by atoms with Gasteiger partial charge in [0.25, 0.3) is 0 Å². The first-order valence-corrected chi connectivity index (χ1v) is 6.98. The van der Waals surface area contributed by atoms with Gasteiger partial charge in [-0.3, -0.25) is 4.79 Å². The molecule has 19 heavy (non-hydrogen) atoms. The molecule has 0 bridgehead atoms. The molecule has 1 atom stereocenters. The summed E-state index contributed by atoms with van der Waals surface area (Å²) in [7, 11) is 0. The van der Waals surface area contributed by atoms with Crippen molar-refractivity contribution in [3.05, 3.63) is 34.1 Å². The molecule has 5 heteroatoms. The van der Waals surface area contributed by atoms with E-state index in [1.165, 1.54) is 6.07 Å². The molecule has 0 fully saturated rings. The van der Waals surface area contributed by atoms with Crippen molar-refractivity contribution in [1.29, 1.82) is 0 Å². The van der Waals surface area contributed by atoms with Gasteiger partial charge in [0.05, 0.1) is 10.5 Å². The van der Waals surface area contributed by atoms with Crippen molar-refractivity contribution in [3.63, 3.8) is 0 Å². The van der Waals surface area contributed by atoms with Gasteiger partial charge in [-0.05, 0) is 45.5 Å². The first-order chi connectivity index (χ1) is 8.71. The van der Waals surface area contributed by atoms with Gasteiger partial charge in [0.1, 0.15) is 5.82 Å². The van der Waals surface area contributed by atoms with Gasteiger partial charge < -0.3 is 11.1 Å². The van der Waals surface area contributed by atoms with Crippen LogP contribution in [0.2, 0.25) is 0 Å². The van der Waals surface area contributed by atoms with Crippen LogP contribution in [0.5, 0.6) is 0 Å². The number of carbonyl (C=O) groups is 1. The Balaban J connectivity index is 2.46. The number of nitrogens with two attached hydrogens (primary N) is 1. The van der Waals surface area contributed by atoms with Crippen LogP contribution < -0.4 is 11.1 Å². The standard InChI is InChI=1S/C14H20BrFN2O/c1-14(2,3)12(17)13(19)18-7-6-9-4-5-11(16)10(15)8-9/h4-5,8,12H,6-7,17H2,1-3H3,(H,18,19)/t12-/m1/s1. The molecule has 0 aliphatic carbocycles. The molecular weight excluding hydrogens is 311 g/mol. The van der Waals surface area contributed by atoms with Crippen LogP contribution in [-0.4, -0.2) is 18.5 Å². The Morgan fingerprint density at radius 3 is 2.63 bits per heavy atom. The largest absolute Gasteiger partial charge is 0.354 e. The molecule has 3 nitrogen and oxygen atoms in total. The highest BCUT2D eigenvalue weighted by Gasteiger charge is 2.26. The molecule has 0 saturated carbocycles. The smallest absolute Gasteiger partial charge is 0.237 e. The third kappa shape index (κ3) is 4.91. The summed E-state index contributed by atoms with van der Waals surface area (Å²) in [5.74, 6) is -0.448. The fourth-order valence-corrected chi connectivity index (χ4v) is 1.95. The van der Waals surface area contributed by atoms with Gasteiger partial charge in [-0.25, -0.2) is 4.39 Å². The third-order valence-corrected chi connectivity index (χ3v) is 3.52. The fourth-order valence-electron chi connectivity index (χ4n) is 1.53. The first kappa shape index (κ1) is 16.1. The van der Waals surface area contributed by atoms with Crippen LogP contribution in [-0.2, 0) is 11.2 Å². The van der Waals surface area contributed by atoms with Crippen LogP contribution in [0.15, 0.2) is 22.7 Å². The number of hydrogen-bond donors (Lipinski definition) is 2. The van der Waals surface area contributed by atoms with Crippen LogP contribution in [0, 0.1) is 11.2 Å². The number of amides is 1. The van der Waals surface area contributed by atoms with Crippen LogP contribution in [0.1, 0.15) is 26.3 Å². The predicted molar refractivity (Wildman–Crippen MR) is 78.2 cm³/mol. The van der Waals surface area contributed by atoms with Crippen LogP contribution >= 0.6 is 15.9 Å². The van der Waals surface area contributed by atoms with Gasteiger partial charge in [-0.15, -0.1) is 0 Å². The second kappa shape index (κ2) is 6.48. The topological polar surface area (TPSA) is 55.1 Å². The van der Waals surface area contributed by atoms with Gasteiger partial charge in [-0.2, -0.15) is 0 Å². The molecule has 0 aromatic heterocycles. The Kier molecular flexibility index (Phi) is 5.50. The zero-order valence-corrected chi connectivity index (χ0v) is 13.1. The summed E-state index contributed by atoms with van der Waals surface area (Å²) in [6.07, 6.45) is 0.640. The highest BCUT2D eigenvalue weighted by Crippen LogP contribution is 2.18. The minimum absolute atomic E-state index is 0.159. The highest BCUT2D eigenvalue weighted by molar-refractivity contribution is 9.10. The number of carbonyl (C=O) groups excluding carboxylic acids is 1. The SMILES string of the molecule is CC(C)(C)[C@H](N)C(=O)NCCc1ccc(F)c(Br)c1. The molecule has 0 aliphatic heterocycles. The summed E-state index contributed by atoms with van der Waals surface area (Å²) in [6, 6.07) is 4.29. The van der Waals surface area contributed by atoms with Crippen molar-refractivity contribution in [2.75, 3.05) is 6.54 Å². The molecule has 1 rings (SSSR count). The lowest BCUT2D eigenvalue weighted by Gasteiger charge is -2.25. The van der Waals surface area contributed by atoms with Crippen LogP contribution in [0.4, 0.5) is 4.39 Å². The van der Waals surface area contributed by atoms with E-state index in [0.29, 0.717) is 17.4 Å². The molecule has 0 spiro atoms. The molecule has 0 saturated heterocycles. The Morgan fingerprint density at radius 2 is 2.11 bits per heavy atom. The van der Waals surface area contributed by atoms with Gasteiger partial charge in [-0.1, -0.05) is 26.8 Å². The van der Waals surface area contributed by atoms with Crippen molar-refractivity contribution in [3.8, 4) is 0 Å². The van der Waals surface area contributed by atoms with E-state index in [9.17, 15) is 9.18 Å². The van der Waals surface area contributed by atoms with E-state index in [1.807, 2.05) is 20.8 Å². The summed E-state index contributed by atoms with van der Waals surface area (Å²) in [5.41, 5.74) is 6.54. The Labute approximate surface area is 121 Å². The second-order valence-electron chi connectivity index (χ2n) is 5.63. The van der Waals surface area contributed by atoms with Crippen molar-refractivity contribution in [2.24, 2.45) is 11.1 Å². The van der Waals surface area contributed by atoms with Crippen molar-refractivity contribution >= 4 is 21.8 Å². The van der Waals surface area contributed by atoms with E-state index in [1.54, 1.807) is 12.1 Å². The molecule has 106 valence electrons. The van der Waals surface area contributed by atoms with Crippen LogP contribution in [0.3, 0.4) is 0 Å². The van der Waals surface area contributed by atoms with E-state index in [-0.39, 0.29) is 17.1 Å². The zero-order valence-electron chi connectivity index (χ0n) is 11.5. The lowest BCUT2D eigenvalue weighted by molar-refractivity contribution is -0.124. The second-order valence-corrected chi connectivity index (χ2v) is 6.49. The number of hydrogen-bond acceptors (Lipinski definition) is 2. The Hall–Kier alpha value is -0.940. The average Bonchev–Trinajstić information content (AvgIpc) is 2.31. The van der Waals surface area contributed by atoms with Gasteiger partial charge in [0.2, 0.25) is 5.91 Å². The Bertz CT molecular complexity index is 457. The molecule has 0 radical (unpaired) electrons. The monoisotopic (exact) mass is 330 g/mol. The quantitative estimate of drug-likeness (QED) is 0.891. The number of benzene rings is 1. The minimum atomic E-state index is -0.535. The van der Waals surface area contributed by atoms with E-state index in [2.05, 4.69) is 21.2 Å². The molecular formula is C14H20BrFN2O. The summed E-state index contributed by atoms with van der Waals surface area (Å²) in [6.45, 7) is 6.26. The molecule has 1 aromatic carbocycles. The van der Waals surface area contributed by atoms with Gasteiger partial charge in [0.15, 0.2) is 0 Å². The average molecular weight is 331 g/mol. The lowest BCUT2D eigenvalue weighted by atomic mass is 9.87. The zero-order chi connectivity index (χ0) is 14.6. The molecule has 0 heterocycles. The maximum atomic E-state index is 13.1. The fraction of sp³-hybridized carbons (Fsp3) is 0.500. The summed E-state index contributed by atoms with van der Waals surface area (Å²) < 4.78 is 13.5. The molecule has 0 unspecified atom stereocenters. The van der Waals surface area contributed by atoms with Crippen LogP contribution in [0.25, 0.3) is 0 Å². The number of nitrogens with one attached hydrogen (secondary N) is 1. The van der Waals surface area contributed by atoms with E-state index in [0.717, 1.165) is 5.56 Å². The van der Waals surface area contributed by atoms with E-state index >= 15 is 0 Å². The molecule has 1 amide bonds. The Morgan fingerprint density at radius 1 is 1.47 bits per heavy atom. The van der Waals surface area contributed by atoms with Crippen molar-refractivity contribution in [1.82, 2.24) is 5.32 Å². The van der Waals surface area contributed by atoms with E-state index < -0.39 is 6.04 Å². The highest BCUT2D eigenvalue weighted by atomic mass is 79.9. The third-order valence-electron chi connectivity index (χ3n) is 2.91. The summed E-state index contributed by atoms with van der Waals surface area (Å²) >= 11 is 3.13. The van der Waals surface area contributed by atoms with E-state index in [4.69, 9.17) is 5.73 Å². The van der Waals surface area contributed by atoms with Crippen molar-refractivity contribution in [2.45, 2.75) is 33.2 Å². The van der Waals surface area contributed by atoms with Gasteiger partial charge >= 0.3 is 0 Å². The maximum absolute atomic E-state index is 13.1. The predicted octanol–water partition coefficient (Wildman–Crippen LogP) is 2.62. The molecule has 3 N–H and O–H groups in total. The normalized spacial score (nSPS) is 13.2. The summed E-state index contributed by atoms with van der Waals surface area (Å²) in [4.78, 5) is 11.8. The minimum Gasteiger partial charge on any atom is -0.354 e. The van der Waals surface area contributed by atoms with Crippen molar-refractivity contribution < 1.29 is 9.18 Å². The maximum Gasteiger partial charge on any atom is 0.237 e. The first-order valence-electron chi connectivity index (χ1n) is 6.19. The molecule has 1 aromatic rings. The lowest BCUT2D eigenvalue weighted by Crippen LogP contribution is -2.48. The number of halogens is 2. The number of rotatable bonds is 4. The summed E-state index contributed by atoms with van der Waals surface area (Å²) in [5, 5.41) is 2.80.